The fraction of sp³-hybridized carbons (Fsp3) is 0.316. The Bertz CT molecular complexity index is 982. The maximum atomic E-state index is 13.0. The van der Waals surface area contributed by atoms with Gasteiger partial charge in [-0.05, 0) is 32.0 Å². The Balaban J connectivity index is 1.55. The van der Waals surface area contributed by atoms with E-state index < -0.39 is 0 Å². The summed E-state index contributed by atoms with van der Waals surface area (Å²) in [6, 6.07) is 9.28. The van der Waals surface area contributed by atoms with E-state index in [2.05, 4.69) is 10.1 Å². The molecule has 1 aromatic carbocycles. The number of amides is 1. The van der Waals surface area contributed by atoms with E-state index in [1.807, 2.05) is 31.2 Å². The summed E-state index contributed by atoms with van der Waals surface area (Å²) in [5, 5.41) is 4.58. The first-order valence-electron chi connectivity index (χ1n) is 8.40. The van der Waals surface area contributed by atoms with Crippen molar-refractivity contribution >= 4 is 17.0 Å². The molecular weight excluding hydrogens is 334 g/mol. The average Bonchev–Trinajstić information content (AvgIpc) is 3.01. The molecule has 7 heteroatoms. The molecule has 0 spiro atoms. The van der Waals surface area contributed by atoms with Gasteiger partial charge >= 0.3 is 0 Å². The van der Waals surface area contributed by atoms with Crippen LogP contribution in [-0.2, 0) is 0 Å². The minimum Gasteiger partial charge on any atom is -0.486 e. The number of hydrogen-bond acceptors (Lipinski definition) is 6. The molecule has 0 bridgehead atoms. The van der Waals surface area contributed by atoms with E-state index >= 15 is 0 Å². The Labute approximate surface area is 150 Å². The lowest BCUT2D eigenvalue weighted by molar-refractivity contribution is 0.0522. The second kappa shape index (κ2) is 6.33. The van der Waals surface area contributed by atoms with Gasteiger partial charge in [0.25, 0.3) is 11.6 Å². The molecule has 4 rings (SSSR count). The molecule has 0 unspecified atom stereocenters. The summed E-state index contributed by atoms with van der Waals surface area (Å²) in [4.78, 5) is 18.9. The molecule has 0 aliphatic carbocycles. The molecule has 3 aromatic rings. The Morgan fingerprint density at radius 3 is 2.85 bits per heavy atom. The molecule has 1 atom stereocenters. The standard InChI is InChI=1S/C19H19N3O4/c1-11-8-14(17-12(2)21-26-18(17)20-11)19(23)22(3)9-13-10-24-15-6-4-5-7-16(15)25-13/h4-8,13H,9-10H2,1-3H3/t13-/m1/s1. The number of benzene rings is 1. The number of hydrogen-bond donors (Lipinski definition) is 0. The lowest BCUT2D eigenvalue weighted by atomic mass is 10.1. The van der Waals surface area contributed by atoms with Gasteiger partial charge in [-0.1, -0.05) is 17.3 Å². The summed E-state index contributed by atoms with van der Waals surface area (Å²) in [6.07, 6.45) is -0.235. The third kappa shape index (κ3) is 2.85. The number of nitrogens with zero attached hydrogens (tertiary/aromatic N) is 3. The van der Waals surface area contributed by atoms with Gasteiger partial charge in [-0.15, -0.1) is 0 Å². The molecule has 0 saturated heterocycles. The van der Waals surface area contributed by atoms with Crippen LogP contribution in [0.4, 0.5) is 0 Å². The van der Waals surface area contributed by atoms with Gasteiger partial charge in [-0.2, -0.15) is 0 Å². The van der Waals surface area contributed by atoms with Gasteiger partial charge in [0.15, 0.2) is 17.6 Å². The molecule has 0 saturated carbocycles. The Kier molecular flexibility index (Phi) is 3.99. The number of aryl methyl sites for hydroxylation is 2. The van der Waals surface area contributed by atoms with Crippen molar-refractivity contribution in [3.63, 3.8) is 0 Å². The summed E-state index contributed by atoms with van der Waals surface area (Å²) >= 11 is 0. The summed E-state index contributed by atoms with van der Waals surface area (Å²) in [5.74, 6) is 1.29. The van der Waals surface area contributed by atoms with E-state index in [9.17, 15) is 4.79 Å². The fourth-order valence-corrected chi connectivity index (χ4v) is 3.13. The predicted molar refractivity (Wildman–Crippen MR) is 94.6 cm³/mol. The van der Waals surface area contributed by atoms with Crippen LogP contribution in [0.1, 0.15) is 21.7 Å². The highest BCUT2D eigenvalue weighted by Crippen LogP contribution is 2.31. The highest BCUT2D eigenvalue weighted by molar-refractivity contribution is 6.05. The van der Waals surface area contributed by atoms with Crippen LogP contribution in [0, 0.1) is 13.8 Å². The largest absolute Gasteiger partial charge is 0.486 e. The number of rotatable bonds is 3. The monoisotopic (exact) mass is 353 g/mol. The summed E-state index contributed by atoms with van der Waals surface area (Å²) < 4.78 is 16.9. The molecule has 1 aliphatic rings. The minimum atomic E-state index is -0.235. The number of carbonyl (C=O) groups is 1. The van der Waals surface area contributed by atoms with Crippen LogP contribution in [0.25, 0.3) is 11.1 Å². The SMILES string of the molecule is Cc1cc(C(=O)N(C)C[C@@H]2COc3ccccc3O2)c2c(C)noc2n1. The normalized spacial score (nSPS) is 15.9. The molecule has 0 fully saturated rings. The van der Waals surface area contributed by atoms with Crippen molar-refractivity contribution < 1.29 is 18.8 Å². The topological polar surface area (TPSA) is 77.7 Å². The van der Waals surface area contributed by atoms with E-state index in [4.69, 9.17) is 14.0 Å². The molecule has 7 nitrogen and oxygen atoms in total. The van der Waals surface area contributed by atoms with Crippen LogP contribution in [-0.4, -0.2) is 47.3 Å². The molecule has 0 radical (unpaired) electrons. The van der Waals surface area contributed by atoms with Gasteiger partial charge in [0.2, 0.25) is 0 Å². The number of pyridine rings is 1. The number of likely N-dealkylation sites (N-methyl/N-ethyl adjacent to an activating group) is 1. The van der Waals surface area contributed by atoms with Crippen LogP contribution in [0.2, 0.25) is 0 Å². The third-order valence-electron chi connectivity index (χ3n) is 4.37. The lowest BCUT2D eigenvalue weighted by Crippen LogP contribution is -2.41. The first-order chi connectivity index (χ1) is 12.5. The van der Waals surface area contributed by atoms with E-state index in [0.717, 1.165) is 5.75 Å². The Hall–Kier alpha value is -3.09. The second-order valence-electron chi connectivity index (χ2n) is 6.44. The van der Waals surface area contributed by atoms with Gasteiger partial charge in [-0.3, -0.25) is 4.79 Å². The molecule has 2 aromatic heterocycles. The smallest absolute Gasteiger partial charge is 0.258 e. The lowest BCUT2D eigenvalue weighted by Gasteiger charge is -2.29. The van der Waals surface area contributed by atoms with Crippen molar-refractivity contribution in [3.8, 4) is 11.5 Å². The summed E-state index contributed by atoms with van der Waals surface area (Å²) in [7, 11) is 1.75. The minimum absolute atomic E-state index is 0.130. The number of carbonyl (C=O) groups excluding carboxylic acids is 1. The second-order valence-corrected chi connectivity index (χ2v) is 6.44. The maximum absolute atomic E-state index is 13.0. The molecule has 3 heterocycles. The van der Waals surface area contributed by atoms with Crippen molar-refractivity contribution in [2.24, 2.45) is 0 Å². The van der Waals surface area contributed by atoms with Crippen molar-refractivity contribution in [2.45, 2.75) is 20.0 Å². The van der Waals surface area contributed by atoms with Crippen molar-refractivity contribution in [3.05, 3.63) is 47.3 Å². The van der Waals surface area contributed by atoms with E-state index in [1.165, 1.54) is 0 Å². The van der Waals surface area contributed by atoms with Gasteiger partial charge in [0.05, 0.1) is 23.2 Å². The first kappa shape index (κ1) is 16.4. The molecule has 1 amide bonds. The van der Waals surface area contributed by atoms with Gasteiger partial charge in [0.1, 0.15) is 6.61 Å². The fourth-order valence-electron chi connectivity index (χ4n) is 3.13. The zero-order chi connectivity index (χ0) is 18.3. The highest BCUT2D eigenvalue weighted by Gasteiger charge is 2.26. The molecule has 0 N–H and O–H groups in total. The van der Waals surface area contributed by atoms with Crippen molar-refractivity contribution in [1.29, 1.82) is 0 Å². The predicted octanol–water partition coefficient (Wildman–Crippen LogP) is 2.75. The first-order valence-corrected chi connectivity index (χ1v) is 8.40. The highest BCUT2D eigenvalue weighted by atomic mass is 16.6. The molecular formula is C19H19N3O4. The molecule has 1 aliphatic heterocycles. The molecule has 134 valence electrons. The van der Waals surface area contributed by atoms with Gasteiger partial charge in [-0.25, -0.2) is 4.98 Å². The number of aromatic nitrogens is 2. The summed E-state index contributed by atoms with van der Waals surface area (Å²) in [5.41, 5.74) is 2.27. The quantitative estimate of drug-likeness (QED) is 0.720. The zero-order valence-corrected chi connectivity index (χ0v) is 14.9. The van der Waals surface area contributed by atoms with Crippen LogP contribution >= 0.6 is 0 Å². The van der Waals surface area contributed by atoms with E-state index in [-0.39, 0.29) is 12.0 Å². The number of ether oxygens (including phenoxy) is 2. The third-order valence-corrected chi connectivity index (χ3v) is 4.37. The Morgan fingerprint density at radius 2 is 2.04 bits per heavy atom. The van der Waals surface area contributed by atoms with Crippen LogP contribution in [0.3, 0.4) is 0 Å². The Morgan fingerprint density at radius 1 is 1.27 bits per heavy atom. The zero-order valence-electron chi connectivity index (χ0n) is 14.9. The average molecular weight is 353 g/mol. The van der Waals surface area contributed by atoms with Gasteiger partial charge in [0, 0.05) is 12.7 Å². The van der Waals surface area contributed by atoms with Gasteiger partial charge < -0.3 is 18.9 Å². The number of para-hydroxylation sites is 2. The maximum Gasteiger partial charge on any atom is 0.258 e. The van der Waals surface area contributed by atoms with Crippen LogP contribution in [0.5, 0.6) is 11.5 Å². The van der Waals surface area contributed by atoms with Crippen molar-refractivity contribution in [1.82, 2.24) is 15.0 Å². The van der Waals surface area contributed by atoms with E-state index in [1.54, 1.807) is 24.9 Å². The molecule has 26 heavy (non-hydrogen) atoms. The van der Waals surface area contributed by atoms with Crippen molar-refractivity contribution in [2.75, 3.05) is 20.2 Å². The summed E-state index contributed by atoms with van der Waals surface area (Å²) in [6.45, 7) is 4.42. The van der Waals surface area contributed by atoms with E-state index in [0.29, 0.717) is 47.0 Å². The van der Waals surface area contributed by atoms with Crippen LogP contribution < -0.4 is 9.47 Å². The number of fused-ring (bicyclic) bond motifs is 2. The van der Waals surface area contributed by atoms with Crippen LogP contribution in [0.15, 0.2) is 34.9 Å².